The molecule has 2 fully saturated rings. The molecule has 92 valence electrons. The van der Waals surface area contributed by atoms with Crippen LogP contribution >= 0.6 is 0 Å². The number of amides is 1. The summed E-state index contributed by atoms with van der Waals surface area (Å²) in [4.78, 5) is 16.1. The largest absolute Gasteiger partial charge is 0.326 e. The summed E-state index contributed by atoms with van der Waals surface area (Å²) in [5.74, 6) is 0.824. The van der Waals surface area contributed by atoms with Crippen molar-refractivity contribution in [3.63, 3.8) is 0 Å². The monoisotopic (exact) mass is 225 g/mol. The summed E-state index contributed by atoms with van der Waals surface area (Å²) >= 11 is 0. The van der Waals surface area contributed by atoms with Crippen molar-refractivity contribution in [2.24, 2.45) is 5.92 Å². The number of hydrogen-bond acceptors (Lipinski definition) is 3. The molecule has 1 N–H and O–H groups in total. The molecule has 2 atom stereocenters. The number of hydrogen-bond donors (Lipinski definition) is 1. The molecule has 2 saturated heterocycles. The van der Waals surface area contributed by atoms with Gasteiger partial charge < -0.3 is 9.80 Å². The molecule has 16 heavy (non-hydrogen) atoms. The van der Waals surface area contributed by atoms with E-state index in [1.165, 1.54) is 25.9 Å². The lowest BCUT2D eigenvalue weighted by molar-refractivity contribution is -0.128. The number of likely N-dealkylation sites (tertiary alicyclic amines) is 1. The summed E-state index contributed by atoms with van der Waals surface area (Å²) in [5.41, 5.74) is 0. The van der Waals surface area contributed by atoms with Gasteiger partial charge in [0.25, 0.3) is 0 Å². The van der Waals surface area contributed by atoms with Gasteiger partial charge in [-0.05, 0) is 38.8 Å². The van der Waals surface area contributed by atoms with Crippen LogP contribution in [0.5, 0.6) is 0 Å². The molecule has 2 aliphatic rings. The Morgan fingerprint density at radius 2 is 2.06 bits per heavy atom. The van der Waals surface area contributed by atoms with Gasteiger partial charge >= 0.3 is 0 Å². The highest BCUT2D eigenvalue weighted by Gasteiger charge is 2.28. The highest BCUT2D eigenvalue weighted by Crippen LogP contribution is 2.13. The Morgan fingerprint density at radius 3 is 2.62 bits per heavy atom. The first kappa shape index (κ1) is 11.9. The van der Waals surface area contributed by atoms with Crippen LogP contribution in [0.25, 0.3) is 0 Å². The van der Waals surface area contributed by atoms with E-state index >= 15 is 0 Å². The van der Waals surface area contributed by atoms with Crippen LogP contribution in [0.1, 0.15) is 26.7 Å². The van der Waals surface area contributed by atoms with E-state index in [1.54, 1.807) is 0 Å². The maximum absolute atomic E-state index is 11.6. The standard InChI is InChI=1S/C12H23N3O/c1-10(8-14-5-3-4-6-14)9-15-11(2)13-7-12(15)16/h10-11,13H,3-9H2,1-2H3. The molecule has 0 spiro atoms. The minimum Gasteiger partial charge on any atom is -0.326 e. The second-order valence-corrected chi connectivity index (χ2v) is 5.22. The quantitative estimate of drug-likeness (QED) is 0.756. The van der Waals surface area contributed by atoms with Gasteiger partial charge in [-0.2, -0.15) is 0 Å². The molecule has 2 unspecified atom stereocenters. The third-order valence-corrected chi connectivity index (χ3v) is 3.61. The molecule has 2 rings (SSSR count). The fourth-order valence-corrected chi connectivity index (χ4v) is 2.72. The van der Waals surface area contributed by atoms with E-state index in [0.29, 0.717) is 12.5 Å². The van der Waals surface area contributed by atoms with Crippen LogP contribution in [-0.4, -0.2) is 54.6 Å². The first-order valence-electron chi connectivity index (χ1n) is 6.42. The second kappa shape index (κ2) is 5.15. The van der Waals surface area contributed by atoms with Gasteiger partial charge in [-0.15, -0.1) is 0 Å². The van der Waals surface area contributed by atoms with Crippen molar-refractivity contribution in [3.8, 4) is 0 Å². The van der Waals surface area contributed by atoms with Gasteiger partial charge in [0, 0.05) is 13.1 Å². The molecule has 0 aromatic rings. The Kier molecular flexibility index (Phi) is 3.82. The van der Waals surface area contributed by atoms with Gasteiger partial charge in [-0.25, -0.2) is 0 Å². The van der Waals surface area contributed by atoms with Crippen molar-refractivity contribution in [3.05, 3.63) is 0 Å². The smallest absolute Gasteiger partial charge is 0.237 e. The lowest BCUT2D eigenvalue weighted by Crippen LogP contribution is -2.40. The third kappa shape index (κ3) is 2.74. The number of nitrogens with zero attached hydrogens (tertiary/aromatic N) is 2. The molecule has 2 heterocycles. The number of nitrogens with one attached hydrogen (secondary N) is 1. The van der Waals surface area contributed by atoms with E-state index in [9.17, 15) is 4.79 Å². The summed E-state index contributed by atoms with van der Waals surface area (Å²) < 4.78 is 0. The molecule has 0 bridgehead atoms. The number of rotatable bonds is 4. The second-order valence-electron chi connectivity index (χ2n) is 5.22. The zero-order valence-corrected chi connectivity index (χ0v) is 10.4. The van der Waals surface area contributed by atoms with E-state index in [1.807, 2.05) is 4.90 Å². The molecule has 0 radical (unpaired) electrons. The maximum Gasteiger partial charge on any atom is 0.237 e. The van der Waals surface area contributed by atoms with Gasteiger partial charge in [0.1, 0.15) is 0 Å². The first-order chi connectivity index (χ1) is 7.66. The van der Waals surface area contributed by atoms with Gasteiger partial charge in [0.2, 0.25) is 5.91 Å². The van der Waals surface area contributed by atoms with Crippen LogP contribution in [0.4, 0.5) is 0 Å². The highest BCUT2D eigenvalue weighted by molar-refractivity contribution is 5.80. The van der Waals surface area contributed by atoms with Crippen molar-refractivity contribution < 1.29 is 4.79 Å². The van der Waals surface area contributed by atoms with Gasteiger partial charge in [0.05, 0.1) is 12.7 Å². The molecular weight excluding hydrogens is 202 g/mol. The molecule has 4 heteroatoms. The first-order valence-corrected chi connectivity index (χ1v) is 6.42. The average Bonchev–Trinajstić information content (AvgIpc) is 2.83. The molecular formula is C12H23N3O. The van der Waals surface area contributed by atoms with Crippen molar-refractivity contribution in [1.82, 2.24) is 15.1 Å². The van der Waals surface area contributed by atoms with Crippen LogP contribution in [0.3, 0.4) is 0 Å². The Hall–Kier alpha value is -0.610. The lowest BCUT2D eigenvalue weighted by Gasteiger charge is -2.27. The predicted octanol–water partition coefficient (Wildman–Crippen LogP) is 0.496. The lowest BCUT2D eigenvalue weighted by atomic mass is 10.1. The van der Waals surface area contributed by atoms with E-state index in [4.69, 9.17) is 0 Å². The third-order valence-electron chi connectivity index (χ3n) is 3.61. The van der Waals surface area contributed by atoms with Gasteiger partial charge in [0.15, 0.2) is 0 Å². The van der Waals surface area contributed by atoms with Crippen LogP contribution < -0.4 is 5.32 Å². The van der Waals surface area contributed by atoms with Crippen LogP contribution in [0.15, 0.2) is 0 Å². The Balaban J connectivity index is 1.77. The van der Waals surface area contributed by atoms with Crippen LogP contribution in [-0.2, 0) is 4.79 Å². The Morgan fingerprint density at radius 1 is 1.38 bits per heavy atom. The number of carbonyl (C=O) groups is 1. The minimum atomic E-state index is 0.216. The zero-order valence-electron chi connectivity index (χ0n) is 10.4. The van der Waals surface area contributed by atoms with Crippen molar-refractivity contribution in [1.29, 1.82) is 0 Å². The molecule has 4 nitrogen and oxygen atoms in total. The topological polar surface area (TPSA) is 35.6 Å². The highest BCUT2D eigenvalue weighted by atomic mass is 16.2. The molecule has 0 aromatic carbocycles. The van der Waals surface area contributed by atoms with Crippen LogP contribution in [0.2, 0.25) is 0 Å². The summed E-state index contributed by atoms with van der Waals surface area (Å²) in [7, 11) is 0. The normalized spacial score (nSPS) is 29.0. The SMILES string of the molecule is CC(CN1CCCC1)CN1C(=O)CNC1C. The van der Waals surface area contributed by atoms with Gasteiger partial charge in [-0.1, -0.05) is 6.92 Å². The molecule has 0 saturated carbocycles. The van der Waals surface area contributed by atoms with E-state index in [0.717, 1.165) is 13.1 Å². The summed E-state index contributed by atoms with van der Waals surface area (Å²) in [6.07, 6.45) is 2.90. The molecule has 0 aromatic heterocycles. The maximum atomic E-state index is 11.6. The summed E-state index contributed by atoms with van der Waals surface area (Å²) in [5, 5.41) is 3.18. The molecule has 2 aliphatic heterocycles. The van der Waals surface area contributed by atoms with Crippen molar-refractivity contribution in [2.75, 3.05) is 32.7 Å². The minimum absolute atomic E-state index is 0.216. The Labute approximate surface area is 98.0 Å². The Bertz CT molecular complexity index is 251. The van der Waals surface area contributed by atoms with E-state index < -0.39 is 0 Å². The summed E-state index contributed by atoms with van der Waals surface area (Å²) in [6, 6.07) is 0. The summed E-state index contributed by atoms with van der Waals surface area (Å²) in [6.45, 7) is 9.33. The van der Waals surface area contributed by atoms with Crippen molar-refractivity contribution in [2.45, 2.75) is 32.9 Å². The number of carbonyl (C=O) groups excluding carboxylic acids is 1. The predicted molar refractivity (Wildman–Crippen MR) is 64.0 cm³/mol. The average molecular weight is 225 g/mol. The van der Waals surface area contributed by atoms with Gasteiger partial charge in [-0.3, -0.25) is 10.1 Å². The molecule has 1 amide bonds. The fraction of sp³-hybridized carbons (Fsp3) is 0.917. The van der Waals surface area contributed by atoms with Crippen LogP contribution in [0, 0.1) is 5.92 Å². The fourth-order valence-electron chi connectivity index (χ4n) is 2.72. The van der Waals surface area contributed by atoms with Crippen molar-refractivity contribution >= 4 is 5.91 Å². The molecule has 0 aliphatic carbocycles. The van der Waals surface area contributed by atoms with E-state index in [-0.39, 0.29) is 12.1 Å². The van der Waals surface area contributed by atoms with E-state index in [2.05, 4.69) is 24.1 Å². The zero-order chi connectivity index (χ0) is 11.5.